The molecule has 0 saturated heterocycles. The fraction of sp³-hybridized carbons (Fsp3) is 0. The Morgan fingerprint density at radius 1 is 0.368 bits per heavy atom. The average Bonchev–Trinajstić information content (AvgIpc) is 3.75. The summed E-state index contributed by atoms with van der Waals surface area (Å²) in [6.45, 7) is 0. The number of nitrogens with zero attached hydrogens (tertiary/aromatic N) is 4. The minimum absolute atomic E-state index is 0.603. The van der Waals surface area contributed by atoms with E-state index in [1.165, 1.54) is 0 Å². The lowest BCUT2D eigenvalue weighted by Crippen LogP contribution is -2.20. The van der Waals surface area contributed by atoms with E-state index in [1.54, 1.807) is 0 Å². The van der Waals surface area contributed by atoms with Gasteiger partial charge in [0.2, 0.25) is 0 Å². The predicted octanol–water partition coefficient (Wildman–Crippen LogP) is 11.3. The van der Waals surface area contributed by atoms with E-state index in [-0.39, 0.29) is 0 Å². The van der Waals surface area contributed by atoms with Gasteiger partial charge in [0.05, 0.1) is 11.0 Å². The van der Waals surface area contributed by atoms with E-state index in [1.807, 2.05) is 84.9 Å². The zero-order chi connectivity index (χ0) is 37.9. The summed E-state index contributed by atoms with van der Waals surface area (Å²) in [5, 5.41) is 4.84. The summed E-state index contributed by atoms with van der Waals surface area (Å²) in [7, 11) is -3.09. The van der Waals surface area contributed by atoms with Crippen molar-refractivity contribution in [3.05, 3.63) is 200 Å². The van der Waals surface area contributed by atoms with Gasteiger partial charge in [-0.2, -0.15) is 0 Å². The normalized spacial score (nSPS) is 14.5. The van der Waals surface area contributed by atoms with Gasteiger partial charge >= 0.3 is 0 Å². The number of benzene rings is 8. The third-order valence-electron chi connectivity index (χ3n) is 11.1. The molecule has 6 heteroatoms. The van der Waals surface area contributed by atoms with Gasteiger partial charge in [-0.05, 0) is 64.7 Å². The Hall–Kier alpha value is -7.20. The molecule has 1 atom stereocenters. The zero-order valence-electron chi connectivity index (χ0n) is 30.7. The first-order valence-electron chi connectivity index (χ1n) is 19.1. The maximum absolute atomic E-state index is 15.4. The van der Waals surface area contributed by atoms with Crippen molar-refractivity contribution in [2.24, 2.45) is 0 Å². The molecule has 57 heavy (non-hydrogen) atoms. The molecule has 268 valence electrons. The highest BCUT2D eigenvalue weighted by Crippen LogP contribution is 2.53. The monoisotopic (exact) mass is 748 g/mol. The first-order valence-corrected chi connectivity index (χ1v) is 20.8. The van der Waals surface area contributed by atoms with Crippen molar-refractivity contribution in [3.8, 4) is 62.1 Å². The van der Waals surface area contributed by atoms with Gasteiger partial charge in [0, 0.05) is 49.1 Å². The molecule has 0 spiro atoms. The van der Waals surface area contributed by atoms with Crippen molar-refractivity contribution in [1.29, 1.82) is 0 Å². The molecule has 0 bridgehead atoms. The fourth-order valence-electron chi connectivity index (χ4n) is 8.33. The second kappa shape index (κ2) is 13.2. The van der Waals surface area contributed by atoms with Crippen LogP contribution in [0, 0.1) is 0 Å². The van der Waals surface area contributed by atoms with Crippen molar-refractivity contribution in [3.63, 3.8) is 0 Å². The highest BCUT2D eigenvalue weighted by atomic mass is 31.2. The van der Waals surface area contributed by atoms with E-state index in [0.717, 1.165) is 82.4 Å². The van der Waals surface area contributed by atoms with E-state index in [9.17, 15) is 0 Å². The molecular formula is C51H33N4OP. The number of aromatic nitrogens is 4. The van der Waals surface area contributed by atoms with Gasteiger partial charge in [-0.1, -0.05) is 158 Å². The minimum Gasteiger partial charge on any atom is -0.309 e. The maximum Gasteiger partial charge on any atom is 0.172 e. The fourth-order valence-corrected chi connectivity index (χ4v) is 11.4. The van der Waals surface area contributed by atoms with Crippen LogP contribution >= 0.6 is 7.14 Å². The second-order valence-corrected chi connectivity index (χ2v) is 17.1. The molecule has 11 rings (SSSR count). The third-order valence-corrected chi connectivity index (χ3v) is 14.2. The molecular weight excluding hydrogens is 716 g/mol. The van der Waals surface area contributed by atoms with Gasteiger partial charge in [0.1, 0.15) is 0 Å². The first kappa shape index (κ1) is 33.2. The Labute approximate surface area is 330 Å². The molecule has 0 saturated carbocycles. The van der Waals surface area contributed by atoms with Crippen LogP contribution in [0.15, 0.2) is 200 Å². The lowest BCUT2D eigenvalue weighted by Gasteiger charge is -2.16. The highest BCUT2D eigenvalue weighted by molar-refractivity contribution is 7.86. The van der Waals surface area contributed by atoms with Crippen LogP contribution in [-0.2, 0) is 4.57 Å². The molecule has 0 radical (unpaired) electrons. The molecule has 0 fully saturated rings. The molecule has 5 nitrogen and oxygen atoms in total. The Balaban J connectivity index is 1.04. The summed E-state index contributed by atoms with van der Waals surface area (Å²) >= 11 is 0. The van der Waals surface area contributed by atoms with Gasteiger partial charge in [0.15, 0.2) is 24.6 Å². The highest BCUT2D eigenvalue weighted by Gasteiger charge is 2.40. The average molecular weight is 749 g/mol. The molecule has 2 aromatic heterocycles. The Bertz CT molecular complexity index is 3180. The Morgan fingerprint density at radius 2 is 0.860 bits per heavy atom. The number of hydrogen-bond acceptors (Lipinski definition) is 4. The molecule has 3 heterocycles. The van der Waals surface area contributed by atoms with E-state index >= 15 is 4.57 Å². The van der Waals surface area contributed by atoms with Crippen LogP contribution in [0.4, 0.5) is 0 Å². The Kier molecular flexibility index (Phi) is 7.70. The van der Waals surface area contributed by atoms with Crippen molar-refractivity contribution < 1.29 is 4.57 Å². The van der Waals surface area contributed by atoms with E-state index in [4.69, 9.17) is 15.0 Å². The minimum atomic E-state index is -3.09. The van der Waals surface area contributed by atoms with E-state index < -0.39 is 7.14 Å². The van der Waals surface area contributed by atoms with Crippen LogP contribution in [0.2, 0.25) is 0 Å². The summed E-state index contributed by atoms with van der Waals surface area (Å²) < 4.78 is 17.7. The van der Waals surface area contributed by atoms with Gasteiger partial charge < -0.3 is 9.13 Å². The van der Waals surface area contributed by atoms with Crippen LogP contribution in [0.1, 0.15) is 0 Å². The van der Waals surface area contributed by atoms with Crippen molar-refractivity contribution in [2.45, 2.75) is 0 Å². The van der Waals surface area contributed by atoms with Gasteiger partial charge in [0.25, 0.3) is 0 Å². The van der Waals surface area contributed by atoms with Crippen LogP contribution in [-0.4, -0.2) is 19.5 Å². The number of fused-ring (bicyclic) bond motifs is 6. The van der Waals surface area contributed by atoms with E-state index in [0.29, 0.717) is 17.5 Å². The predicted molar refractivity (Wildman–Crippen MR) is 234 cm³/mol. The number of hydrogen-bond donors (Lipinski definition) is 0. The summed E-state index contributed by atoms with van der Waals surface area (Å²) in [5.74, 6) is 1.84. The standard InChI is InChI=1S/C51H33N4OP/c56-57(40-18-8-3-9-19-40)47-23-13-11-21-42(47)44-32-46-43(33-48(44)57)41-20-10-12-22-45(41)55(46)39-30-28-38(29-31-39)51-53-49(36-16-6-2-7-17-36)52-50(54-51)37-26-24-35(25-27-37)34-14-4-1-5-15-34/h1-33H. The first-order chi connectivity index (χ1) is 28.1. The van der Waals surface area contributed by atoms with Gasteiger partial charge in [-0.25, -0.2) is 15.0 Å². The smallest absolute Gasteiger partial charge is 0.172 e. The molecule has 0 N–H and O–H groups in total. The van der Waals surface area contributed by atoms with Crippen molar-refractivity contribution >= 4 is 44.9 Å². The summed E-state index contributed by atoms with van der Waals surface area (Å²) in [6.07, 6.45) is 0. The molecule has 10 aromatic rings. The topological polar surface area (TPSA) is 60.7 Å². The molecule has 0 aliphatic carbocycles. The Morgan fingerprint density at radius 3 is 1.53 bits per heavy atom. The van der Waals surface area contributed by atoms with Crippen molar-refractivity contribution in [2.75, 3.05) is 0 Å². The van der Waals surface area contributed by atoms with Crippen LogP contribution in [0.3, 0.4) is 0 Å². The van der Waals surface area contributed by atoms with Crippen LogP contribution in [0.5, 0.6) is 0 Å². The van der Waals surface area contributed by atoms with Crippen molar-refractivity contribution in [1.82, 2.24) is 19.5 Å². The molecule has 8 aromatic carbocycles. The molecule has 1 aliphatic rings. The molecule has 1 aliphatic heterocycles. The zero-order valence-corrected chi connectivity index (χ0v) is 31.6. The summed E-state index contributed by atoms with van der Waals surface area (Å²) in [5.41, 5.74) is 10.2. The van der Waals surface area contributed by atoms with Gasteiger partial charge in [-0.15, -0.1) is 0 Å². The summed E-state index contributed by atoms with van der Waals surface area (Å²) in [4.78, 5) is 15.0. The molecule has 0 amide bonds. The van der Waals surface area contributed by atoms with E-state index in [2.05, 4.69) is 120 Å². The summed E-state index contributed by atoms with van der Waals surface area (Å²) in [6, 6.07) is 68.3. The largest absolute Gasteiger partial charge is 0.309 e. The lowest BCUT2D eigenvalue weighted by atomic mass is 10.0. The lowest BCUT2D eigenvalue weighted by molar-refractivity contribution is 0.593. The SMILES string of the molecule is O=P1(c2ccccc2)c2ccccc2-c2cc3c(cc21)c1ccccc1n3-c1ccc(-c2nc(-c3ccccc3)nc(-c3ccc(-c4ccccc4)cc3)n2)cc1. The van der Waals surface area contributed by atoms with Crippen LogP contribution < -0.4 is 15.9 Å². The molecule has 1 unspecified atom stereocenters. The number of rotatable bonds is 6. The van der Waals surface area contributed by atoms with Crippen LogP contribution in [0.25, 0.3) is 83.9 Å². The third kappa shape index (κ3) is 5.39. The number of para-hydroxylation sites is 1. The second-order valence-electron chi connectivity index (χ2n) is 14.4. The van der Waals surface area contributed by atoms with Gasteiger partial charge in [-0.3, -0.25) is 0 Å². The maximum atomic E-state index is 15.4. The quantitative estimate of drug-likeness (QED) is 0.159.